The first kappa shape index (κ1) is 10.5. The Bertz CT molecular complexity index is 168. The number of ether oxygens (including phenoxy) is 2. The van der Waals surface area contributed by atoms with E-state index in [9.17, 15) is 5.11 Å². The van der Waals surface area contributed by atoms with Gasteiger partial charge < -0.3 is 14.6 Å². The van der Waals surface area contributed by atoms with E-state index >= 15 is 0 Å². The first-order chi connectivity index (χ1) is 6.25. The largest absolute Gasteiger partial charge is 0.496 e. The van der Waals surface area contributed by atoms with Crippen LogP contribution in [0.15, 0.2) is 12.3 Å². The molecule has 0 aromatic rings. The van der Waals surface area contributed by atoms with Gasteiger partial charge in [0.05, 0.1) is 6.26 Å². The third kappa shape index (κ3) is 3.01. The minimum absolute atomic E-state index is 0.170. The Morgan fingerprint density at radius 2 is 2.31 bits per heavy atom. The highest BCUT2D eigenvalue weighted by Crippen LogP contribution is 2.14. The summed E-state index contributed by atoms with van der Waals surface area (Å²) in [4.78, 5) is 0. The summed E-state index contributed by atoms with van der Waals surface area (Å²) in [5, 5.41) is 9.64. The zero-order chi connectivity index (χ0) is 9.68. The maximum Gasteiger partial charge on any atom is 0.124 e. The highest BCUT2D eigenvalue weighted by Gasteiger charge is 2.27. The van der Waals surface area contributed by atoms with E-state index in [0.29, 0.717) is 6.61 Å². The molecule has 1 aliphatic rings. The predicted molar refractivity (Wildman–Crippen MR) is 50.3 cm³/mol. The topological polar surface area (TPSA) is 38.7 Å². The molecule has 0 unspecified atom stereocenters. The standard InChI is InChI=1S/C10H18O3/c1-3-4-6-13-9-5-7-12-8(2)10(9)11/h5,7-11H,3-4,6H2,1-2H3/t8-,9-,10-/m1/s1. The number of aliphatic hydroxyl groups excluding tert-OH is 1. The average molecular weight is 186 g/mol. The molecule has 3 nitrogen and oxygen atoms in total. The fraction of sp³-hybridized carbons (Fsp3) is 0.800. The van der Waals surface area contributed by atoms with E-state index < -0.39 is 6.10 Å². The van der Waals surface area contributed by atoms with Gasteiger partial charge in [0.15, 0.2) is 0 Å². The highest BCUT2D eigenvalue weighted by molar-refractivity contribution is 4.96. The van der Waals surface area contributed by atoms with Gasteiger partial charge in [-0.05, 0) is 19.4 Å². The van der Waals surface area contributed by atoms with Crippen LogP contribution in [-0.2, 0) is 9.47 Å². The zero-order valence-corrected chi connectivity index (χ0v) is 8.27. The molecular weight excluding hydrogens is 168 g/mol. The Hall–Kier alpha value is -0.540. The number of rotatable bonds is 4. The lowest BCUT2D eigenvalue weighted by Gasteiger charge is -2.28. The van der Waals surface area contributed by atoms with Crippen LogP contribution in [-0.4, -0.2) is 30.0 Å². The van der Waals surface area contributed by atoms with Crippen LogP contribution >= 0.6 is 0 Å². The van der Waals surface area contributed by atoms with Gasteiger partial charge in [0.25, 0.3) is 0 Å². The van der Waals surface area contributed by atoms with Crippen molar-refractivity contribution < 1.29 is 14.6 Å². The fourth-order valence-electron chi connectivity index (χ4n) is 1.23. The number of hydrogen-bond acceptors (Lipinski definition) is 3. The van der Waals surface area contributed by atoms with Gasteiger partial charge in [-0.1, -0.05) is 13.3 Å². The second-order valence-corrected chi connectivity index (χ2v) is 3.35. The van der Waals surface area contributed by atoms with Gasteiger partial charge in [0.1, 0.15) is 18.3 Å². The third-order valence-electron chi connectivity index (χ3n) is 2.19. The van der Waals surface area contributed by atoms with Gasteiger partial charge >= 0.3 is 0 Å². The fourth-order valence-corrected chi connectivity index (χ4v) is 1.23. The molecule has 1 aliphatic heterocycles. The summed E-state index contributed by atoms with van der Waals surface area (Å²) >= 11 is 0. The van der Waals surface area contributed by atoms with Crippen LogP contribution in [0.3, 0.4) is 0 Å². The van der Waals surface area contributed by atoms with Gasteiger partial charge in [-0.3, -0.25) is 0 Å². The molecule has 1 heterocycles. The van der Waals surface area contributed by atoms with Crippen LogP contribution in [0.5, 0.6) is 0 Å². The molecule has 0 aromatic carbocycles. The first-order valence-electron chi connectivity index (χ1n) is 4.87. The Labute approximate surface area is 79.3 Å². The molecule has 0 aliphatic carbocycles. The first-order valence-corrected chi connectivity index (χ1v) is 4.87. The lowest BCUT2D eigenvalue weighted by molar-refractivity contribution is -0.0824. The molecule has 0 amide bonds. The number of aliphatic hydroxyl groups is 1. The summed E-state index contributed by atoms with van der Waals surface area (Å²) in [7, 11) is 0. The summed E-state index contributed by atoms with van der Waals surface area (Å²) in [6, 6.07) is 0. The van der Waals surface area contributed by atoms with E-state index in [1.165, 1.54) is 0 Å². The van der Waals surface area contributed by atoms with Crippen molar-refractivity contribution >= 4 is 0 Å². The summed E-state index contributed by atoms with van der Waals surface area (Å²) in [5.74, 6) is 0. The van der Waals surface area contributed by atoms with Crippen LogP contribution in [0.25, 0.3) is 0 Å². The lowest BCUT2D eigenvalue weighted by Crippen LogP contribution is -2.39. The Balaban J connectivity index is 2.31. The average Bonchev–Trinajstić information content (AvgIpc) is 2.13. The molecule has 0 saturated carbocycles. The number of hydrogen-bond donors (Lipinski definition) is 1. The summed E-state index contributed by atoms with van der Waals surface area (Å²) in [6.07, 6.45) is 4.60. The molecule has 3 atom stereocenters. The maximum absolute atomic E-state index is 9.64. The molecule has 0 fully saturated rings. The SMILES string of the molecule is CCCCO[C@@H]1C=CO[C@H](C)[C@H]1O. The Morgan fingerprint density at radius 3 is 3.00 bits per heavy atom. The molecule has 0 aromatic heterocycles. The van der Waals surface area contributed by atoms with Gasteiger partial charge in [0, 0.05) is 6.61 Å². The van der Waals surface area contributed by atoms with Gasteiger partial charge in [-0.15, -0.1) is 0 Å². The van der Waals surface area contributed by atoms with Crippen LogP contribution in [0, 0.1) is 0 Å². The van der Waals surface area contributed by atoms with Crippen molar-refractivity contribution in [2.45, 2.75) is 45.0 Å². The van der Waals surface area contributed by atoms with E-state index in [-0.39, 0.29) is 12.2 Å². The molecule has 0 spiro atoms. The maximum atomic E-state index is 9.64. The molecular formula is C10H18O3. The smallest absolute Gasteiger partial charge is 0.124 e. The normalized spacial score (nSPS) is 33.0. The van der Waals surface area contributed by atoms with Gasteiger partial charge in [0.2, 0.25) is 0 Å². The Kier molecular flexibility index (Phi) is 4.25. The predicted octanol–water partition coefficient (Wildman–Crippen LogP) is 1.46. The van der Waals surface area contributed by atoms with E-state index in [2.05, 4.69) is 6.92 Å². The van der Waals surface area contributed by atoms with Crippen molar-refractivity contribution in [2.24, 2.45) is 0 Å². The summed E-state index contributed by atoms with van der Waals surface area (Å²) in [6.45, 7) is 4.65. The lowest BCUT2D eigenvalue weighted by atomic mass is 10.1. The van der Waals surface area contributed by atoms with Crippen LogP contribution in [0.2, 0.25) is 0 Å². The van der Waals surface area contributed by atoms with Gasteiger partial charge in [-0.2, -0.15) is 0 Å². The molecule has 1 rings (SSSR count). The molecule has 13 heavy (non-hydrogen) atoms. The van der Waals surface area contributed by atoms with E-state index in [1.807, 2.05) is 6.92 Å². The second-order valence-electron chi connectivity index (χ2n) is 3.35. The van der Waals surface area contributed by atoms with Crippen molar-refractivity contribution in [1.29, 1.82) is 0 Å². The molecule has 3 heteroatoms. The molecule has 1 N–H and O–H groups in total. The van der Waals surface area contributed by atoms with Crippen molar-refractivity contribution in [2.75, 3.05) is 6.61 Å². The Morgan fingerprint density at radius 1 is 1.54 bits per heavy atom. The van der Waals surface area contributed by atoms with Crippen LogP contribution in [0.4, 0.5) is 0 Å². The number of unbranched alkanes of at least 4 members (excludes halogenated alkanes) is 1. The van der Waals surface area contributed by atoms with E-state index in [1.54, 1.807) is 12.3 Å². The summed E-state index contributed by atoms with van der Waals surface area (Å²) < 4.78 is 10.6. The van der Waals surface area contributed by atoms with Gasteiger partial charge in [-0.25, -0.2) is 0 Å². The molecule has 76 valence electrons. The highest BCUT2D eigenvalue weighted by atomic mass is 16.5. The van der Waals surface area contributed by atoms with Crippen LogP contribution < -0.4 is 0 Å². The molecule has 0 bridgehead atoms. The van der Waals surface area contributed by atoms with E-state index in [4.69, 9.17) is 9.47 Å². The van der Waals surface area contributed by atoms with Crippen molar-refractivity contribution in [1.82, 2.24) is 0 Å². The zero-order valence-electron chi connectivity index (χ0n) is 8.27. The molecule has 0 radical (unpaired) electrons. The second kappa shape index (κ2) is 5.25. The minimum Gasteiger partial charge on any atom is -0.496 e. The van der Waals surface area contributed by atoms with Crippen molar-refractivity contribution in [3.8, 4) is 0 Å². The van der Waals surface area contributed by atoms with Crippen molar-refractivity contribution in [3.05, 3.63) is 12.3 Å². The monoisotopic (exact) mass is 186 g/mol. The summed E-state index contributed by atoms with van der Waals surface area (Å²) in [5.41, 5.74) is 0. The molecule has 0 saturated heterocycles. The minimum atomic E-state index is -0.540. The quantitative estimate of drug-likeness (QED) is 0.676. The van der Waals surface area contributed by atoms with Crippen LogP contribution in [0.1, 0.15) is 26.7 Å². The van der Waals surface area contributed by atoms with E-state index in [0.717, 1.165) is 12.8 Å². The van der Waals surface area contributed by atoms with Crippen molar-refractivity contribution in [3.63, 3.8) is 0 Å². The third-order valence-corrected chi connectivity index (χ3v) is 2.19.